The summed E-state index contributed by atoms with van der Waals surface area (Å²) >= 11 is 4.56. The number of thiocarbonyl (C=S) groups is 1. The van der Waals surface area contributed by atoms with Crippen LogP contribution in [0.3, 0.4) is 0 Å². The zero-order valence-corrected chi connectivity index (χ0v) is 6.08. The summed E-state index contributed by atoms with van der Waals surface area (Å²) < 4.78 is 0. The van der Waals surface area contributed by atoms with Crippen LogP contribution in [0.5, 0.6) is 0 Å². The van der Waals surface area contributed by atoms with E-state index in [1.807, 2.05) is 12.1 Å². The van der Waals surface area contributed by atoms with Gasteiger partial charge < -0.3 is 0 Å². The molecule has 0 aliphatic rings. The summed E-state index contributed by atoms with van der Waals surface area (Å²) in [4.78, 5) is 7.84. The summed E-state index contributed by atoms with van der Waals surface area (Å²) in [6.45, 7) is 0. The van der Waals surface area contributed by atoms with Crippen molar-refractivity contribution in [2.75, 3.05) is 0 Å². The van der Waals surface area contributed by atoms with Gasteiger partial charge in [-0.3, -0.25) is 9.98 Å². The van der Waals surface area contributed by atoms with E-state index in [1.165, 1.54) is 5.37 Å². The Bertz CT molecular complexity index is 231. The molecular weight excluding hydrogens is 144 g/mol. The molecule has 0 saturated heterocycles. The SMILES string of the molecule is S=C/C=N\c1ccncc1. The number of rotatable bonds is 2. The van der Waals surface area contributed by atoms with Crippen molar-refractivity contribution in [3.63, 3.8) is 0 Å². The second kappa shape index (κ2) is 3.85. The molecule has 3 heteroatoms. The molecule has 0 bridgehead atoms. The summed E-state index contributed by atoms with van der Waals surface area (Å²) in [5.74, 6) is 0. The summed E-state index contributed by atoms with van der Waals surface area (Å²) in [5.41, 5.74) is 0.871. The van der Waals surface area contributed by atoms with Gasteiger partial charge in [-0.1, -0.05) is 12.2 Å². The van der Waals surface area contributed by atoms with Gasteiger partial charge in [0.05, 0.1) is 5.69 Å². The maximum atomic E-state index is 4.56. The zero-order chi connectivity index (χ0) is 7.23. The topological polar surface area (TPSA) is 25.2 Å². The standard InChI is InChI=1S/C7H6N2S/c10-6-5-9-7-1-3-8-4-2-7/h1-6H/b9-5-. The lowest BCUT2D eigenvalue weighted by Crippen LogP contribution is -1.70. The van der Waals surface area contributed by atoms with Crippen molar-refractivity contribution in [3.8, 4) is 0 Å². The molecule has 0 fully saturated rings. The minimum Gasteiger partial charge on any atom is -0.265 e. The van der Waals surface area contributed by atoms with E-state index in [0.717, 1.165) is 5.69 Å². The molecule has 0 saturated carbocycles. The Balaban J connectivity index is 2.76. The molecule has 0 N–H and O–H groups in total. The van der Waals surface area contributed by atoms with E-state index >= 15 is 0 Å². The van der Waals surface area contributed by atoms with Crippen LogP contribution in [0.2, 0.25) is 0 Å². The molecule has 0 aliphatic heterocycles. The lowest BCUT2D eigenvalue weighted by molar-refractivity contribution is 1.32. The van der Waals surface area contributed by atoms with Gasteiger partial charge in [0.1, 0.15) is 0 Å². The van der Waals surface area contributed by atoms with Gasteiger partial charge in [0, 0.05) is 24.0 Å². The number of hydrogen-bond acceptors (Lipinski definition) is 3. The molecule has 1 aromatic heterocycles. The van der Waals surface area contributed by atoms with Crippen LogP contribution in [-0.2, 0) is 0 Å². The molecule has 0 aliphatic carbocycles. The fourth-order valence-corrected chi connectivity index (χ4v) is 0.607. The summed E-state index contributed by atoms with van der Waals surface area (Å²) in [5, 5.41) is 1.47. The third-order valence-corrected chi connectivity index (χ3v) is 1.07. The molecule has 1 heterocycles. The summed E-state index contributed by atoms with van der Waals surface area (Å²) in [6, 6.07) is 3.63. The predicted octanol–water partition coefficient (Wildman–Crippen LogP) is 1.78. The van der Waals surface area contributed by atoms with E-state index in [4.69, 9.17) is 0 Å². The maximum absolute atomic E-state index is 4.56. The van der Waals surface area contributed by atoms with Crippen LogP contribution >= 0.6 is 12.2 Å². The highest BCUT2D eigenvalue weighted by Gasteiger charge is 1.80. The number of hydrogen-bond donors (Lipinski definition) is 0. The van der Waals surface area contributed by atoms with Crippen LogP contribution in [0, 0.1) is 0 Å². The first-order valence-corrected chi connectivity index (χ1v) is 3.28. The van der Waals surface area contributed by atoms with Crippen molar-refractivity contribution >= 4 is 29.5 Å². The van der Waals surface area contributed by atoms with E-state index in [2.05, 4.69) is 22.2 Å². The van der Waals surface area contributed by atoms with Gasteiger partial charge in [-0.2, -0.15) is 0 Å². The average Bonchev–Trinajstić information content (AvgIpc) is 2.03. The summed E-state index contributed by atoms with van der Waals surface area (Å²) in [7, 11) is 0. The zero-order valence-electron chi connectivity index (χ0n) is 5.27. The third kappa shape index (κ3) is 2.03. The van der Waals surface area contributed by atoms with Gasteiger partial charge in [0.15, 0.2) is 0 Å². The average molecular weight is 150 g/mol. The molecule has 0 unspecified atom stereocenters. The van der Waals surface area contributed by atoms with Gasteiger partial charge >= 0.3 is 0 Å². The fourth-order valence-electron chi connectivity index (χ4n) is 0.547. The molecule has 2 nitrogen and oxygen atoms in total. The van der Waals surface area contributed by atoms with E-state index in [9.17, 15) is 0 Å². The van der Waals surface area contributed by atoms with Crippen molar-refractivity contribution in [3.05, 3.63) is 24.5 Å². The molecule has 0 spiro atoms. The monoisotopic (exact) mass is 150 g/mol. The van der Waals surface area contributed by atoms with Gasteiger partial charge in [-0.15, -0.1) is 0 Å². The van der Waals surface area contributed by atoms with Crippen molar-refractivity contribution in [2.45, 2.75) is 0 Å². The smallest absolute Gasteiger partial charge is 0.0660 e. The van der Waals surface area contributed by atoms with Crippen LogP contribution in [0.1, 0.15) is 0 Å². The Labute approximate surface area is 64.6 Å². The molecule has 50 valence electrons. The lowest BCUT2D eigenvalue weighted by Gasteiger charge is -1.86. The Morgan fingerprint density at radius 3 is 2.70 bits per heavy atom. The second-order valence-corrected chi connectivity index (χ2v) is 1.89. The third-order valence-electron chi connectivity index (χ3n) is 0.947. The van der Waals surface area contributed by atoms with Gasteiger partial charge in [-0.05, 0) is 12.1 Å². The van der Waals surface area contributed by atoms with Crippen LogP contribution in [0.25, 0.3) is 0 Å². The molecule has 1 rings (SSSR count). The quantitative estimate of drug-likeness (QED) is 0.474. The minimum absolute atomic E-state index is 0.871. The largest absolute Gasteiger partial charge is 0.265 e. The fraction of sp³-hybridized carbons (Fsp3) is 0. The van der Waals surface area contributed by atoms with E-state index in [0.29, 0.717) is 0 Å². The Hall–Kier alpha value is -1.09. The van der Waals surface area contributed by atoms with E-state index < -0.39 is 0 Å². The lowest BCUT2D eigenvalue weighted by atomic mass is 10.4. The number of nitrogens with zero attached hydrogens (tertiary/aromatic N) is 2. The van der Waals surface area contributed by atoms with Crippen LogP contribution < -0.4 is 0 Å². The van der Waals surface area contributed by atoms with E-state index in [-0.39, 0.29) is 0 Å². The first kappa shape index (κ1) is 7.02. The number of aromatic nitrogens is 1. The van der Waals surface area contributed by atoms with Gasteiger partial charge in [0.25, 0.3) is 0 Å². The van der Waals surface area contributed by atoms with Gasteiger partial charge in [0.2, 0.25) is 0 Å². The molecule has 0 atom stereocenters. The van der Waals surface area contributed by atoms with Crippen molar-refractivity contribution in [1.29, 1.82) is 0 Å². The first-order valence-electron chi connectivity index (χ1n) is 2.81. The molecular formula is C7H6N2S. The Morgan fingerprint density at radius 2 is 2.10 bits per heavy atom. The molecule has 1 aromatic rings. The maximum Gasteiger partial charge on any atom is 0.0660 e. The normalized spacial score (nSPS) is 10.0. The van der Waals surface area contributed by atoms with Crippen LogP contribution in [0.4, 0.5) is 5.69 Å². The number of pyridine rings is 1. The molecule has 10 heavy (non-hydrogen) atoms. The van der Waals surface area contributed by atoms with Crippen molar-refractivity contribution in [2.24, 2.45) is 4.99 Å². The van der Waals surface area contributed by atoms with Crippen LogP contribution in [-0.4, -0.2) is 16.6 Å². The van der Waals surface area contributed by atoms with Gasteiger partial charge in [-0.25, -0.2) is 0 Å². The highest BCUT2D eigenvalue weighted by atomic mass is 32.1. The molecule has 0 radical (unpaired) electrons. The second-order valence-electron chi connectivity index (χ2n) is 1.62. The Morgan fingerprint density at radius 1 is 1.40 bits per heavy atom. The molecule has 0 amide bonds. The Kier molecular flexibility index (Phi) is 2.70. The predicted molar refractivity (Wildman–Crippen MR) is 46.0 cm³/mol. The molecule has 0 aromatic carbocycles. The number of aliphatic imine (C=N–C) groups is 1. The summed E-state index contributed by atoms with van der Waals surface area (Å²) in [6.07, 6.45) is 4.96. The first-order chi connectivity index (χ1) is 4.93. The van der Waals surface area contributed by atoms with Crippen LogP contribution in [0.15, 0.2) is 29.5 Å². The minimum atomic E-state index is 0.871. The van der Waals surface area contributed by atoms with Crippen molar-refractivity contribution in [1.82, 2.24) is 4.98 Å². The van der Waals surface area contributed by atoms with Crippen molar-refractivity contribution < 1.29 is 0 Å². The highest BCUT2D eigenvalue weighted by Crippen LogP contribution is 2.05. The van der Waals surface area contributed by atoms with E-state index in [1.54, 1.807) is 18.6 Å². The highest BCUT2D eigenvalue weighted by molar-refractivity contribution is 7.80.